The van der Waals surface area contributed by atoms with Crippen LogP contribution in [0.1, 0.15) is 12.8 Å². The Labute approximate surface area is 120 Å². The van der Waals surface area contributed by atoms with Crippen LogP contribution in [0.2, 0.25) is 0 Å². The smallest absolute Gasteiger partial charge is 0.307 e. The Hall–Kier alpha value is -2.70. The van der Waals surface area contributed by atoms with Crippen LogP contribution < -0.4 is 5.32 Å². The summed E-state index contributed by atoms with van der Waals surface area (Å²) in [5, 5.41) is 18.3. The Bertz CT molecular complexity index is 669. The van der Waals surface area contributed by atoms with Crippen LogP contribution in [0.15, 0.2) is 30.6 Å². The van der Waals surface area contributed by atoms with Crippen molar-refractivity contribution in [2.24, 2.45) is 11.8 Å². The van der Waals surface area contributed by atoms with Gasteiger partial charge in [0.1, 0.15) is 6.33 Å². The van der Waals surface area contributed by atoms with Crippen LogP contribution in [-0.4, -0.2) is 32.2 Å². The molecule has 2 aromatic rings. The third-order valence-electron chi connectivity index (χ3n) is 3.75. The molecule has 0 spiro atoms. The summed E-state index contributed by atoms with van der Waals surface area (Å²) in [6.07, 6.45) is 2.59. The average Bonchev–Trinajstić information content (AvgIpc) is 2.90. The maximum Gasteiger partial charge on any atom is 0.307 e. The van der Waals surface area contributed by atoms with Crippen LogP contribution in [-0.2, 0) is 9.59 Å². The summed E-state index contributed by atoms with van der Waals surface area (Å²) < 4.78 is 0. The molecule has 0 bridgehead atoms. The number of hydrogen-bond acceptors (Lipinski definition) is 4. The topological polar surface area (TPSA) is 108 Å². The summed E-state index contributed by atoms with van der Waals surface area (Å²) in [6.45, 7) is 0. The molecule has 108 valence electrons. The van der Waals surface area contributed by atoms with Crippen molar-refractivity contribution in [2.75, 3.05) is 5.32 Å². The van der Waals surface area contributed by atoms with Gasteiger partial charge in [0, 0.05) is 11.3 Å². The molecule has 7 nitrogen and oxygen atoms in total. The number of nitrogens with zero attached hydrogens (tertiary/aromatic N) is 2. The SMILES string of the molecule is O=C(O)C1CCC1C(=O)Nc1cccc(-c2ncn[nH]2)c1. The van der Waals surface area contributed by atoms with Gasteiger partial charge in [-0.25, -0.2) is 4.98 Å². The molecule has 21 heavy (non-hydrogen) atoms. The molecule has 0 aliphatic heterocycles. The van der Waals surface area contributed by atoms with E-state index >= 15 is 0 Å². The van der Waals surface area contributed by atoms with E-state index in [9.17, 15) is 9.59 Å². The number of carboxylic acid groups (broad SMARTS) is 1. The van der Waals surface area contributed by atoms with Gasteiger partial charge in [-0.05, 0) is 25.0 Å². The highest BCUT2D eigenvalue weighted by Crippen LogP contribution is 2.35. The monoisotopic (exact) mass is 286 g/mol. The summed E-state index contributed by atoms with van der Waals surface area (Å²) in [7, 11) is 0. The molecular formula is C14H14N4O3. The number of carbonyl (C=O) groups excluding carboxylic acids is 1. The molecule has 0 saturated heterocycles. The first-order valence-corrected chi connectivity index (χ1v) is 6.64. The standard InChI is InChI=1S/C14H14N4O3/c19-13(10-4-5-11(10)14(20)21)17-9-3-1-2-8(6-9)12-15-7-16-18-12/h1-3,6-7,10-11H,4-5H2,(H,17,19)(H,20,21)(H,15,16,18). The molecule has 3 rings (SSSR count). The van der Waals surface area contributed by atoms with Crippen molar-refractivity contribution in [1.82, 2.24) is 15.2 Å². The van der Waals surface area contributed by atoms with E-state index in [1.807, 2.05) is 6.07 Å². The van der Waals surface area contributed by atoms with Crippen molar-refractivity contribution in [3.05, 3.63) is 30.6 Å². The van der Waals surface area contributed by atoms with Crippen LogP contribution in [0, 0.1) is 11.8 Å². The fourth-order valence-electron chi connectivity index (χ4n) is 2.43. The van der Waals surface area contributed by atoms with Crippen LogP contribution in [0.4, 0.5) is 5.69 Å². The van der Waals surface area contributed by atoms with Crippen molar-refractivity contribution in [1.29, 1.82) is 0 Å². The number of carbonyl (C=O) groups is 2. The summed E-state index contributed by atoms with van der Waals surface area (Å²) in [4.78, 5) is 27.1. The predicted octanol–water partition coefficient (Wildman–Crippen LogP) is 1.52. The molecular weight excluding hydrogens is 272 g/mol. The van der Waals surface area contributed by atoms with Gasteiger partial charge >= 0.3 is 5.97 Å². The lowest BCUT2D eigenvalue weighted by atomic mass is 9.73. The molecule has 1 saturated carbocycles. The first kappa shape index (κ1) is 13.3. The maximum atomic E-state index is 12.1. The quantitative estimate of drug-likeness (QED) is 0.789. The number of hydrogen-bond donors (Lipinski definition) is 3. The second-order valence-corrected chi connectivity index (χ2v) is 5.03. The van der Waals surface area contributed by atoms with Gasteiger partial charge in [0.2, 0.25) is 5.91 Å². The molecule has 1 aromatic carbocycles. The second-order valence-electron chi connectivity index (χ2n) is 5.03. The molecule has 1 fully saturated rings. The number of aliphatic carboxylic acids is 1. The minimum Gasteiger partial charge on any atom is -0.481 e. The number of benzene rings is 1. The summed E-state index contributed by atoms with van der Waals surface area (Å²) in [5.41, 5.74) is 1.42. The summed E-state index contributed by atoms with van der Waals surface area (Å²) >= 11 is 0. The Kier molecular flexibility index (Phi) is 3.39. The number of rotatable bonds is 4. The first-order chi connectivity index (χ1) is 10.1. The van der Waals surface area contributed by atoms with E-state index < -0.39 is 17.8 Å². The second kappa shape index (κ2) is 5.35. The van der Waals surface area contributed by atoms with Crippen LogP contribution in [0.5, 0.6) is 0 Å². The van der Waals surface area contributed by atoms with Crippen LogP contribution >= 0.6 is 0 Å². The molecule has 1 aliphatic carbocycles. The molecule has 2 atom stereocenters. The van der Waals surface area contributed by atoms with Gasteiger partial charge in [-0.1, -0.05) is 12.1 Å². The zero-order valence-electron chi connectivity index (χ0n) is 11.1. The van der Waals surface area contributed by atoms with Gasteiger partial charge in [0.25, 0.3) is 0 Å². The summed E-state index contributed by atoms with van der Waals surface area (Å²) in [6, 6.07) is 7.17. The minimum atomic E-state index is -0.906. The normalized spacial score (nSPS) is 20.6. The highest BCUT2D eigenvalue weighted by molar-refractivity contribution is 5.96. The van der Waals surface area contributed by atoms with Crippen molar-refractivity contribution >= 4 is 17.6 Å². The lowest BCUT2D eigenvalue weighted by Crippen LogP contribution is -2.41. The number of anilines is 1. The van der Waals surface area contributed by atoms with E-state index in [1.54, 1.807) is 18.2 Å². The lowest BCUT2D eigenvalue weighted by Gasteiger charge is -2.31. The van der Waals surface area contributed by atoms with Crippen molar-refractivity contribution in [3.63, 3.8) is 0 Å². The van der Waals surface area contributed by atoms with Gasteiger partial charge in [0.05, 0.1) is 11.8 Å². The third-order valence-corrected chi connectivity index (χ3v) is 3.75. The van der Waals surface area contributed by atoms with Gasteiger partial charge in [-0.15, -0.1) is 0 Å². The van der Waals surface area contributed by atoms with E-state index in [0.717, 1.165) is 5.56 Å². The largest absolute Gasteiger partial charge is 0.481 e. The molecule has 1 aromatic heterocycles. The fraction of sp³-hybridized carbons (Fsp3) is 0.286. The van der Waals surface area contributed by atoms with Crippen LogP contribution in [0.3, 0.4) is 0 Å². The Morgan fingerprint density at radius 3 is 2.71 bits per heavy atom. The van der Waals surface area contributed by atoms with Crippen molar-refractivity contribution in [2.45, 2.75) is 12.8 Å². The number of aromatic nitrogens is 3. The van der Waals surface area contributed by atoms with E-state index in [1.165, 1.54) is 6.33 Å². The van der Waals surface area contributed by atoms with Crippen LogP contribution in [0.25, 0.3) is 11.4 Å². The van der Waals surface area contributed by atoms with E-state index in [0.29, 0.717) is 24.4 Å². The van der Waals surface area contributed by atoms with Crippen molar-refractivity contribution in [3.8, 4) is 11.4 Å². The zero-order valence-corrected chi connectivity index (χ0v) is 11.1. The van der Waals surface area contributed by atoms with E-state index in [2.05, 4.69) is 20.5 Å². The predicted molar refractivity (Wildman–Crippen MR) is 74.3 cm³/mol. The Morgan fingerprint density at radius 2 is 2.10 bits per heavy atom. The minimum absolute atomic E-state index is 0.247. The molecule has 3 N–H and O–H groups in total. The molecule has 2 unspecified atom stereocenters. The maximum absolute atomic E-state index is 12.1. The van der Waals surface area contributed by atoms with Gasteiger partial charge in [-0.3, -0.25) is 14.7 Å². The number of carboxylic acids is 1. The van der Waals surface area contributed by atoms with E-state index in [-0.39, 0.29) is 5.91 Å². The molecule has 7 heteroatoms. The lowest BCUT2D eigenvalue weighted by molar-refractivity contribution is -0.151. The van der Waals surface area contributed by atoms with Crippen molar-refractivity contribution < 1.29 is 14.7 Å². The highest BCUT2D eigenvalue weighted by atomic mass is 16.4. The van der Waals surface area contributed by atoms with Gasteiger partial charge in [0.15, 0.2) is 5.82 Å². The number of H-pyrrole nitrogens is 1. The van der Waals surface area contributed by atoms with E-state index in [4.69, 9.17) is 5.11 Å². The summed E-state index contributed by atoms with van der Waals surface area (Å²) in [5.74, 6) is -1.56. The molecule has 0 radical (unpaired) electrons. The number of aromatic amines is 1. The fourth-order valence-corrected chi connectivity index (χ4v) is 2.43. The highest BCUT2D eigenvalue weighted by Gasteiger charge is 2.41. The third kappa shape index (κ3) is 2.62. The molecule has 1 aliphatic rings. The average molecular weight is 286 g/mol. The number of amides is 1. The van der Waals surface area contributed by atoms with Gasteiger partial charge in [-0.2, -0.15) is 5.10 Å². The number of nitrogens with one attached hydrogen (secondary N) is 2. The molecule has 1 amide bonds. The van der Waals surface area contributed by atoms with Gasteiger partial charge < -0.3 is 10.4 Å². The molecule has 1 heterocycles. The first-order valence-electron chi connectivity index (χ1n) is 6.64. The Balaban J connectivity index is 1.72. The zero-order chi connectivity index (χ0) is 14.8. The Morgan fingerprint density at radius 1 is 1.29 bits per heavy atom.